The number of benzene rings is 2. The predicted octanol–water partition coefficient (Wildman–Crippen LogP) is 3.50. The van der Waals surface area contributed by atoms with E-state index in [0.717, 1.165) is 11.4 Å². The molecule has 0 bridgehead atoms. The molecule has 0 atom stereocenters. The zero-order chi connectivity index (χ0) is 16.4. The van der Waals surface area contributed by atoms with Crippen LogP contribution in [0.1, 0.15) is 6.92 Å². The number of halogens is 1. The molecule has 0 saturated carbocycles. The average Bonchev–Trinajstić information content (AvgIpc) is 2.56. The van der Waals surface area contributed by atoms with Gasteiger partial charge in [0.05, 0.1) is 0 Å². The molecule has 0 spiro atoms. The minimum absolute atomic E-state index is 0.0389. The molecule has 3 aromatic rings. The molecule has 0 radical (unpaired) electrons. The van der Waals surface area contributed by atoms with Crippen molar-refractivity contribution in [3.05, 3.63) is 54.6 Å². The van der Waals surface area contributed by atoms with Crippen LogP contribution < -0.4 is 10.2 Å². The van der Waals surface area contributed by atoms with Gasteiger partial charge in [0.2, 0.25) is 5.91 Å². The summed E-state index contributed by atoms with van der Waals surface area (Å²) in [6, 6.07) is 12.1. The van der Waals surface area contributed by atoms with Crippen molar-refractivity contribution in [2.45, 2.75) is 6.92 Å². The summed E-state index contributed by atoms with van der Waals surface area (Å²) in [5, 5.41) is 3.76. The number of anilines is 3. The van der Waals surface area contributed by atoms with Crippen molar-refractivity contribution in [2.24, 2.45) is 0 Å². The summed E-state index contributed by atoms with van der Waals surface area (Å²) in [7, 11) is 1.71. The Kier molecular flexibility index (Phi) is 3.89. The maximum Gasteiger partial charge on any atom is 0.223 e. The quantitative estimate of drug-likeness (QED) is 0.804. The molecule has 2 aromatic carbocycles. The minimum Gasteiger partial charge on any atom is -0.340 e. The first-order valence-electron chi connectivity index (χ1n) is 7.07. The number of amides is 1. The number of hydrogen-bond donors (Lipinski definition) is 1. The van der Waals surface area contributed by atoms with Crippen LogP contribution in [-0.2, 0) is 4.79 Å². The van der Waals surface area contributed by atoms with Crippen LogP contribution in [0.4, 0.5) is 21.6 Å². The summed E-state index contributed by atoms with van der Waals surface area (Å²) in [5.74, 6) is 0.108. The summed E-state index contributed by atoms with van der Waals surface area (Å²) in [4.78, 5) is 21.1. The first-order chi connectivity index (χ1) is 11.1. The molecule has 1 aromatic heterocycles. The Morgan fingerprint density at radius 1 is 1.13 bits per heavy atom. The summed E-state index contributed by atoms with van der Waals surface area (Å²) in [5.41, 5.74) is 1.86. The van der Waals surface area contributed by atoms with Gasteiger partial charge in [-0.1, -0.05) is 6.07 Å². The molecule has 0 aliphatic rings. The average molecular weight is 310 g/mol. The van der Waals surface area contributed by atoms with Gasteiger partial charge >= 0.3 is 0 Å². The second kappa shape index (κ2) is 6.00. The van der Waals surface area contributed by atoms with E-state index in [0.29, 0.717) is 11.2 Å². The summed E-state index contributed by atoms with van der Waals surface area (Å²) >= 11 is 0. The van der Waals surface area contributed by atoms with Crippen LogP contribution in [-0.4, -0.2) is 22.9 Å². The Bertz CT molecular complexity index is 864. The van der Waals surface area contributed by atoms with Gasteiger partial charge in [0.1, 0.15) is 23.5 Å². The minimum atomic E-state index is -0.383. The SMILES string of the molecule is CC(=O)N(C)c1ccc(Nc2ncnc3c(F)cccc23)cc1. The van der Waals surface area contributed by atoms with Crippen LogP contribution in [0.25, 0.3) is 10.9 Å². The zero-order valence-electron chi connectivity index (χ0n) is 12.7. The van der Waals surface area contributed by atoms with Crippen LogP contribution in [0.15, 0.2) is 48.8 Å². The van der Waals surface area contributed by atoms with Crippen LogP contribution >= 0.6 is 0 Å². The highest BCUT2D eigenvalue weighted by atomic mass is 19.1. The van der Waals surface area contributed by atoms with Crippen molar-refractivity contribution in [1.29, 1.82) is 0 Å². The van der Waals surface area contributed by atoms with E-state index in [1.165, 1.54) is 19.3 Å². The van der Waals surface area contributed by atoms with Gasteiger partial charge in [0, 0.05) is 30.7 Å². The van der Waals surface area contributed by atoms with Gasteiger partial charge in [0.25, 0.3) is 0 Å². The Balaban J connectivity index is 1.91. The molecule has 6 heteroatoms. The first kappa shape index (κ1) is 14.9. The maximum absolute atomic E-state index is 13.8. The molecule has 1 amide bonds. The van der Waals surface area contributed by atoms with Crippen LogP contribution in [0.2, 0.25) is 0 Å². The molecular weight excluding hydrogens is 295 g/mol. The lowest BCUT2D eigenvalue weighted by atomic mass is 10.2. The van der Waals surface area contributed by atoms with E-state index in [-0.39, 0.29) is 17.2 Å². The van der Waals surface area contributed by atoms with E-state index in [2.05, 4.69) is 15.3 Å². The van der Waals surface area contributed by atoms with Crippen LogP contribution in [0, 0.1) is 5.82 Å². The molecule has 1 N–H and O–H groups in total. The molecule has 116 valence electrons. The number of nitrogens with one attached hydrogen (secondary N) is 1. The highest BCUT2D eigenvalue weighted by Crippen LogP contribution is 2.25. The molecule has 1 heterocycles. The lowest BCUT2D eigenvalue weighted by Gasteiger charge is -2.15. The summed E-state index contributed by atoms with van der Waals surface area (Å²) < 4.78 is 13.8. The fourth-order valence-corrected chi connectivity index (χ4v) is 2.24. The number of hydrogen-bond acceptors (Lipinski definition) is 4. The number of nitrogens with zero attached hydrogens (tertiary/aromatic N) is 3. The van der Waals surface area contributed by atoms with Gasteiger partial charge in [0.15, 0.2) is 0 Å². The molecule has 0 fully saturated rings. The predicted molar refractivity (Wildman–Crippen MR) is 88.3 cm³/mol. The molecular formula is C17H15FN4O. The lowest BCUT2D eigenvalue weighted by molar-refractivity contribution is -0.116. The fraction of sp³-hybridized carbons (Fsp3) is 0.118. The fourth-order valence-electron chi connectivity index (χ4n) is 2.24. The van der Waals surface area contributed by atoms with Gasteiger partial charge in [-0.05, 0) is 36.4 Å². The second-order valence-corrected chi connectivity index (χ2v) is 5.11. The molecule has 3 rings (SSSR count). The van der Waals surface area contributed by atoms with Crippen molar-refractivity contribution in [1.82, 2.24) is 9.97 Å². The van der Waals surface area contributed by atoms with Crippen molar-refractivity contribution in [3.8, 4) is 0 Å². The van der Waals surface area contributed by atoms with Gasteiger partial charge in [-0.2, -0.15) is 0 Å². The highest BCUT2D eigenvalue weighted by Gasteiger charge is 2.08. The number of aromatic nitrogens is 2. The standard InChI is InChI=1S/C17H15FN4O/c1-11(23)22(2)13-8-6-12(7-9-13)21-17-14-4-3-5-15(18)16(14)19-10-20-17/h3-10H,1-2H3,(H,19,20,21). The van der Waals surface area contributed by atoms with Crippen molar-refractivity contribution in [2.75, 3.05) is 17.3 Å². The van der Waals surface area contributed by atoms with Gasteiger partial charge in [-0.15, -0.1) is 0 Å². The van der Waals surface area contributed by atoms with Gasteiger partial charge in [-0.25, -0.2) is 14.4 Å². The van der Waals surface area contributed by atoms with Crippen molar-refractivity contribution >= 4 is 34.0 Å². The zero-order valence-corrected chi connectivity index (χ0v) is 12.7. The van der Waals surface area contributed by atoms with E-state index in [1.54, 1.807) is 24.1 Å². The molecule has 0 aliphatic heterocycles. The molecule has 5 nitrogen and oxygen atoms in total. The Hall–Kier alpha value is -3.02. The number of rotatable bonds is 3. The molecule has 0 unspecified atom stereocenters. The third-order valence-electron chi connectivity index (χ3n) is 3.61. The van der Waals surface area contributed by atoms with Crippen LogP contribution in [0.3, 0.4) is 0 Å². The van der Waals surface area contributed by atoms with E-state index in [1.807, 2.05) is 24.3 Å². The third kappa shape index (κ3) is 2.96. The summed E-state index contributed by atoms with van der Waals surface area (Å²) in [6.45, 7) is 1.51. The summed E-state index contributed by atoms with van der Waals surface area (Å²) in [6.07, 6.45) is 1.33. The second-order valence-electron chi connectivity index (χ2n) is 5.11. The maximum atomic E-state index is 13.8. The van der Waals surface area contributed by atoms with Crippen LogP contribution in [0.5, 0.6) is 0 Å². The van der Waals surface area contributed by atoms with E-state index >= 15 is 0 Å². The first-order valence-corrected chi connectivity index (χ1v) is 7.07. The van der Waals surface area contributed by atoms with E-state index < -0.39 is 0 Å². The van der Waals surface area contributed by atoms with Gasteiger partial charge < -0.3 is 10.2 Å². The monoisotopic (exact) mass is 310 g/mol. The number of carbonyl (C=O) groups excluding carboxylic acids is 1. The third-order valence-corrected chi connectivity index (χ3v) is 3.61. The Morgan fingerprint density at radius 2 is 1.87 bits per heavy atom. The largest absolute Gasteiger partial charge is 0.340 e. The molecule has 23 heavy (non-hydrogen) atoms. The molecule has 0 saturated heterocycles. The van der Waals surface area contributed by atoms with Crippen molar-refractivity contribution < 1.29 is 9.18 Å². The van der Waals surface area contributed by atoms with E-state index in [9.17, 15) is 9.18 Å². The smallest absolute Gasteiger partial charge is 0.223 e. The number of fused-ring (bicyclic) bond motifs is 1. The number of para-hydroxylation sites is 1. The topological polar surface area (TPSA) is 58.1 Å². The lowest BCUT2D eigenvalue weighted by Crippen LogP contribution is -2.22. The molecule has 0 aliphatic carbocycles. The normalized spacial score (nSPS) is 10.6. The Morgan fingerprint density at radius 3 is 2.57 bits per heavy atom. The highest BCUT2D eigenvalue weighted by molar-refractivity contribution is 5.92. The Labute approximate surface area is 132 Å². The van der Waals surface area contributed by atoms with E-state index in [4.69, 9.17) is 0 Å². The van der Waals surface area contributed by atoms with Crippen molar-refractivity contribution in [3.63, 3.8) is 0 Å². The number of carbonyl (C=O) groups is 1. The van der Waals surface area contributed by atoms with Gasteiger partial charge in [-0.3, -0.25) is 4.79 Å².